The lowest BCUT2D eigenvalue weighted by molar-refractivity contribution is -0.139. The van der Waals surface area contributed by atoms with E-state index in [1.807, 2.05) is 23.6 Å². The Morgan fingerprint density at radius 1 is 1.20 bits per heavy atom. The highest BCUT2D eigenvalue weighted by Crippen LogP contribution is 2.36. The second-order valence-electron chi connectivity index (χ2n) is 5.81. The van der Waals surface area contributed by atoms with Crippen LogP contribution in [0.5, 0.6) is 0 Å². The van der Waals surface area contributed by atoms with Gasteiger partial charge in [-0.2, -0.15) is 0 Å². The molecular formula is C19H21N3O2S. The van der Waals surface area contributed by atoms with Crippen molar-refractivity contribution in [1.82, 2.24) is 10.6 Å². The maximum atomic E-state index is 12.0. The summed E-state index contributed by atoms with van der Waals surface area (Å²) in [4.78, 5) is 27.2. The van der Waals surface area contributed by atoms with Gasteiger partial charge in [-0.3, -0.25) is 9.59 Å². The van der Waals surface area contributed by atoms with Crippen molar-refractivity contribution in [3.05, 3.63) is 64.9 Å². The molecule has 0 saturated carbocycles. The second kappa shape index (κ2) is 7.98. The Balaban J connectivity index is 1.73. The number of hydrogen-bond acceptors (Lipinski definition) is 4. The Hall–Kier alpha value is -2.60. The van der Waals surface area contributed by atoms with Crippen LogP contribution in [0.25, 0.3) is 0 Å². The van der Waals surface area contributed by atoms with E-state index in [2.05, 4.69) is 40.3 Å². The maximum absolute atomic E-state index is 12.0. The summed E-state index contributed by atoms with van der Waals surface area (Å²) >= 11 is 1.66. The van der Waals surface area contributed by atoms with E-state index in [1.165, 1.54) is 16.1 Å². The molecule has 2 heterocycles. The van der Waals surface area contributed by atoms with Gasteiger partial charge in [0, 0.05) is 30.2 Å². The second-order valence-corrected chi connectivity index (χ2v) is 6.79. The quantitative estimate of drug-likeness (QED) is 0.617. The normalized spacial score (nSPS) is 13.8. The number of carbonyl (C=O) groups is 2. The highest BCUT2D eigenvalue weighted by Gasteiger charge is 2.28. The summed E-state index contributed by atoms with van der Waals surface area (Å²) in [6, 6.07) is 12.4. The predicted octanol–water partition coefficient (Wildman–Crippen LogP) is 2.27. The molecule has 1 aromatic heterocycles. The first-order chi connectivity index (χ1) is 12.2. The first-order valence-electron chi connectivity index (χ1n) is 8.25. The van der Waals surface area contributed by atoms with Crippen LogP contribution >= 0.6 is 11.3 Å². The number of thiophene rings is 1. The highest BCUT2D eigenvalue weighted by atomic mass is 32.1. The minimum atomic E-state index is -0.633. The maximum Gasteiger partial charge on any atom is 0.309 e. The van der Waals surface area contributed by atoms with Gasteiger partial charge in [-0.25, -0.2) is 0 Å². The number of para-hydroxylation sites is 1. The van der Waals surface area contributed by atoms with Crippen molar-refractivity contribution in [3.8, 4) is 0 Å². The van der Waals surface area contributed by atoms with E-state index >= 15 is 0 Å². The number of rotatable bonds is 6. The standard InChI is InChI=1S/C19H21N3O2S/c1-2-10-20-18(23)19(24)21-13-16(17-8-5-12-25-17)22-11-9-14-6-3-4-7-15(14)22/h2-8,12,16H,1,9-11,13H2,(H,20,23)(H,21,24)/t16-/m0/s1. The lowest BCUT2D eigenvalue weighted by atomic mass is 10.1. The third kappa shape index (κ3) is 3.91. The Labute approximate surface area is 151 Å². The van der Waals surface area contributed by atoms with Crippen LogP contribution in [-0.2, 0) is 16.0 Å². The molecule has 25 heavy (non-hydrogen) atoms. The Kier molecular flexibility index (Phi) is 5.50. The zero-order valence-corrected chi connectivity index (χ0v) is 14.7. The van der Waals surface area contributed by atoms with Crippen LogP contribution in [0.2, 0.25) is 0 Å². The molecule has 0 saturated heterocycles. The van der Waals surface area contributed by atoms with E-state index in [0.29, 0.717) is 6.54 Å². The van der Waals surface area contributed by atoms with Crippen molar-refractivity contribution in [2.24, 2.45) is 0 Å². The van der Waals surface area contributed by atoms with Crippen molar-refractivity contribution >= 4 is 28.8 Å². The zero-order chi connectivity index (χ0) is 17.6. The average Bonchev–Trinajstić information content (AvgIpc) is 3.30. The molecule has 0 unspecified atom stereocenters. The van der Waals surface area contributed by atoms with Gasteiger partial charge in [0.1, 0.15) is 0 Å². The molecule has 1 aliphatic rings. The van der Waals surface area contributed by atoms with E-state index in [1.54, 1.807) is 17.4 Å². The van der Waals surface area contributed by atoms with Gasteiger partial charge >= 0.3 is 11.8 Å². The molecule has 2 aromatic rings. The van der Waals surface area contributed by atoms with Crippen molar-refractivity contribution in [2.75, 3.05) is 24.5 Å². The number of benzene rings is 1. The molecule has 6 heteroatoms. The van der Waals surface area contributed by atoms with E-state index in [-0.39, 0.29) is 12.6 Å². The number of nitrogens with one attached hydrogen (secondary N) is 2. The molecule has 2 N–H and O–H groups in total. The summed E-state index contributed by atoms with van der Waals surface area (Å²) in [6.07, 6.45) is 2.53. The van der Waals surface area contributed by atoms with E-state index in [9.17, 15) is 9.59 Å². The van der Waals surface area contributed by atoms with Crippen LogP contribution in [0.15, 0.2) is 54.4 Å². The van der Waals surface area contributed by atoms with E-state index < -0.39 is 11.8 Å². The fraction of sp³-hybridized carbons (Fsp3) is 0.263. The molecule has 130 valence electrons. The molecule has 1 aliphatic heterocycles. The number of carbonyl (C=O) groups excluding carboxylic acids is 2. The number of fused-ring (bicyclic) bond motifs is 1. The van der Waals surface area contributed by atoms with Crippen LogP contribution in [0.3, 0.4) is 0 Å². The van der Waals surface area contributed by atoms with Crippen LogP contribution in [0, 0.1) is 0 Å². The van der Waals surface area contributed by atoms with Crippen molar-refractivity contribution in [1.29, 1.82) is 0 Å². The van der Waals surface area contributed by atoms with Gasteiger partial charge in [0.15, 0.2) is 0 Å². The van der Waals surface area contributed by atoms with Gasteiger partial charge in [-0.15, -0.1) is 17.9 Å². The zero-order valence-electron chi connectivity index (χ0n) is 13.9. The van der Waals surface area contributed by atoms with Gasteiger partial charge in [-0.1, -0.05) is 30.3 Å². The largest absolute Gasteiger partial charge is 0.361 e. The Morgan fingerprint density at radius 3 is 2.76 bits per heavy atom. The number of anilines is 1. The first-order valence-corrected chi connectivity index (χ1v) is 9.13. The summed E-state index contributed by atoms with van der Waals surface area (Å²) in [5, 5.41) is 7.29. The van der Waals surface area contributed by atoms with Gasteiger partial charge < -0.3 is 15.5 Å². The SMILES string of the molecule is C=CCNC(=O)C(=O)NC[C@@H](c1cccs1)N1CCc2ccccc21. The summed E-state index contributed by atoms with van der Waals surface area (Å²) in [5.74, 6) is -1.25. The average molecular weight is 355 g/mol. The fourth-order valence-corrected chi connectivity index (χ4v) is 3.89. The van der Waals surface area contributed by atoms with E-state index in [0.717, 1.165) is 13.0 Å². The molecule has 0 fully saturated rings. The van der Waals surface area contributed by atoms with Crippen LogP contribution < -0.4 is 15.5 Å². The topological polar surface area (TPSA) is 61.4 Å². The lowest BCUT2D eigenvalue weighted by Gasteiger charge is -2.30. The molecule has 0 aliphatic carbocycles. The predicted molar refractivity (Wildman–Crippen MR) is 101 cm³/mol. The van der Waals surface area contributed by atoms with Gasteiger partial charge in [-0.05, 0) is 29.5 Å². The monoisotopic (exact) mass is 355 g/mol. The summed E-state index contributed by atoms with van der Waals surface area (Å²) < 4.78 is 0. The molecule has 1 atom stereocenters. The molecule has 5 nitrogen and oxygen atoms in total. The summed E-state index contributed by atoms with van der Waals surface area (Å²) in [5.41, 5.74) is 2.52. The number of nitrogens with zero attached hydrogens (tertiary/aromatic N) is 1. The third-order valence-corrected chi connectivity index (χ3v) is 5.21. The number of amides is 2. The first kappa shape index (κ1) is 17.2. The molecule has 0 spiro atoms. The highest BCUT2D eigenvalue weighted by molar-refractivity contribution is 7.10. The molecule has 3 rings (SSSR count). The Morgan fingerprint density at radius 2 is 2.00 bits per heavy atom. The van der Waals surface area contributed by atoms with Gasteiger partial charge in [0.05, 0.1) is 6.04 Å². The van der Waals surface area contributed by atoms with Gasteiger partial charge in [0.2, 0.25) is 0 Å². The molecule has 2 amide bonds. The smallest absolute Gasteiger partial charge is 0.309 e. The van der Waals surface area contributed by atoms with Crippen LogP contribution in [-0.4, -0.2) is 31.4 Å². The van der Waals surface area contributed by atoms with Gasteiger partial charge in [0.25, 0.3) is 0 Å². The molecule has 0 radical (unpaired) electrons. The molecule has 0 bridgehead atoms. The summed E-state index contributed by atoms with van der Waals surface area (Å²) in [7, 11) is 0. The lowest BCUT2D eigenvalue weighted by Crippen LogP contribution is -2.44. The minimum Gasteiger partial charge on any atom is -0.361 e. The van der Waals surface area contributed by atoms with Crippen molar-refractivity contribution in [2.45, 2.75) is 12.5 Å². The third-order valence-electron chi connectivity index (χ3n) is 4.24. The van der Waals surface area contributed by atoms with Crippen LogP contribution in [0.1, 0.15) is 16.5 Å². The Bertz CT molecular complexity index is 758. The molecular weight excluding hydrogens is 334 g/mol. The molecule has 1 aromatic carbocycles. The van der Waals surface area contributed by atoms with Crippen molar-refractivity contribution in [3.63, 3.8) is 0 Å². The fourth-order valence-electron chi connectivity index (χ4n) is 3.05. The minimum absolute atomic E-state index is 0.0137. The van der Waals surface area contributed by atoms with Crippen molar-refractivity contribution < 1.29 is 9.59 Å². The summed E-state index contributed by atoms with van der Waals surface area (Å²) in [6.45, 7) is 5.09. The number of hydrogen-bond donors (Lipinski definition) is 2. The van der Waals surface area contributed by atoms with Crippen LogP contribution in [0.4, 0.5) is 5.69 Å². The van der Waals surface area contributed by atoms with E-state index in [4.69, 9.17) is 0 Å².